The molecule has 0 aliphatic heterocycles. The molecule has 0 saturated heterocycles. The van der Waals surface area contributed by atoms with E-state index in [1.807, 2.05) is 72.8 Å². The summed E-state index contributed by atoms with van der Waals surface area (Å²) in [6, 6.07) is 67.0. The van der Waals surface area contributed by atoms with Gasteiger partial charge in [-0.05, 0) is 59.0 Å². The normalized spacial score (nSPS) is 11.3. The Hall–Kier alpha value is -7.37. The van der Waals surface area contributed by atoms with E-state index < -0.39 is 0 Å². The molecule has 0 atom stereocenters. The Balaban J connectivity index is 1.14. The van der Waals surface area contributed by atoms with Crippen molar-refractivity contribution < 1.29 is 4.42 Å². The minimum Gasteiger partial charge on any atom is -0.456 e. The Morgan fingerprint density at radius 2 is 0.870 bits per heavy atom. The first-order valence-electron chi connectivity index (χ1n) is 18.0. The van der Waals surface area contributed by atoms with Gasteiger partial charge in [0.2, 0.25) is 0 Å². The van der Waals surface area contributed by atoms with Crippen molar-refractivity contribution in [3.8, 4) is 45.3 Å². The third-order valence-corrected chi connectivity index (χ3v) is 9.91. The lowest BCUT2D eigenvalue weighted by molar-refractivity contribution is 0.669. The molecule has 254 valence electrons. The second-order valence-corrected chi connectivity index (χ2v) is 13.2. The Bertz CT molecular complexity index is 2860. The first-order chi connectivity index (χ1) is 26.8. The van der Waals surface area contributed by atoms with E-state index in [1.54, 1.807) is 0 Å². The molecule has 0 amide bonds. The highest BCUT2D eigenvalue weighted by atomic mass is 16.3. The summed E-state index contributed by atoms with van der Waals surface area (Å²) in [5.74, 6) is 1.83. The van der Waals surface area contributed by atoms with Crippen molar-refractivity contribution in [2.45, 2.75) is 0 Å². The average molecular weight is 693 g/mol. The molecule has 5 nitrogen and oxygen atoms in total. The molecule has 0 radical (unpaired) electrons. The van der Waals surface area contributed by atoms with Crippen LogP contribution in [-0.2, 0) is 0 Å². The maximum Gasteiger partial charge on any atom is 0.164 e. The van der Waals surface area contributed by atoms with Crippen LogP contribution in [0.15, 0.2) is 199 Å². The molecule has 0 bridgehead atoms. The maximum atomic E-state index is 6.67. The van der Waals surface area contributed by atoms with E-state index >= 15 is 0 Å². The Morgan fingerprint density at radius 1 is 0.352 bits per heavy atom. The fourth-order valence-corrected chi connectivity index (χ4v) is 7.31. The molecule has 10 aromatic rings. The molecule has 0 unspecified atom stereocenters. The summed E-state index contributed by atoms with van der Waals surface area (Å²) >= 11 is 0. The average Bonchev–Trinajstić information content (AvgIpc) is 3.64. The third kappa shape index (κ3) is 5.65. The number of hydrogen-bond acceptors (Lipinski definition) is 5. The molecule has 8 aromatic carbocycles. The van der Waals surface area contributed by atoms with Crippen molar-refractivity contribution in [2.75, 3.05) is 4.90 Å². The topological polar surface area (TPSA) is 55.1 Å². The number of fused-ring (bicyclic) bond motifs is 4. The highest BCUT2D eigenvalue weighted by molar-refractivity contribution is 6.15. The molecule has 0 aliphatic rings. The SMILES string of the molecule is c1ccc(-c2ccc(N(c3cccc4ccccc34)c3cccc4oc5cc(-c6nc(-c7ccccc7)nc(-c7ccccc7)n6)ccc5c34)cc2)cc1. The van der Waals surface area contributed by atoms with Crippen LogP contribution in [-0.4, -0.2) is 15.0 Å². The molecule has 5 heteroatoms. The number of rotatable bonds is 7. The summed E-state index contributed by atoms with van der Waals surface area (Å²) in [5.41, 5.74) is 9.79. The Labute approximate surface area is 312 Å². The van der Waals surface area contributed by atoms with Crippen LogP contribution in [0.25, 0.3) is 78.0 Å². The summed E-state index contributed by atoms with van der Waals surface area (Å²) in [7, 11) is 0. The molecular formula is C49H32N4O. The monoisotopic (exact) mass is 692 g/mol. The van der Waals surface area contributed by atoms with Gasteiger partial charge in [-0.25, -0.2) is 15.0 Å². The van der Waals surface area contributed by atoms with Crippen LogP contribution in [0.4, 0.5) is 17.1 Å². The van der Waals surface area contributed by atoms with Crippen molar-refractivity contribution in [3.05, 3.63) is 194 Å². The number of furan rings is 1. The number of benzene rings is 8. The van der Waals surface area contributed by atoms with Crippen molar-refractivity contribution in [3.63, 3.8) is 0 Å². The van der Waals surface area contributed by atoms with Crippen LogP contribution in [0.2, 0.25) is 0 Å². The lowest BCUT2D eigenvalue weighted by atomic mass is 10.0. The predicted octanol–water partition coefficient (Wildman–Crippen LogP) is 13.1. The van der Waals surface area contributed by atoms with E-state index in [4.69, 9.17) is 19.4 Å². The zero-order valence-electron chi connectivity index (χ0n) is 29.2. The standard InChI is InChI=1S/C49H32N4O/c1-4-14-33(15-5-1)34-26-29-39(30-27-34)53(42-23-12-21-35-16-10-11-22-40(35)42)43-24-13-25-44-46(43)41-31-28-38(32-45(41)54-44)49-51-47(36-17-6-2-7-18-36)50-48(52-49)37-19-8-3-9-20-37/h1-32H. The minimum absolute atomic E-state index is 0.584. The van der Waals surface area contributed by atoms with E-state index in [9.17, 15) is 0 Å². The van der Waals surface area contributed by atoms with Gasteiger partial charge in [0.1, 0.15) is 11.2 Å². The van der Waals surface area contributed by atoms with Gasteiger partial charge in [0, 0.05) is 33.2 Å². The second kappa shape index (κ2) is 13.3. The minimum atomic E-state index is 0.584. The number of aromatic nitrogens is 3. The molecule has 2 heterocycles. The molecule has 0 fully saturated rings. The van der Waals surface area contributed by atoms with E-state index in [2.05, 4.69) is 126 Å². The lowest BCUT2D eigenvalue weighted by Crippen LogP contribution is -2.10. The van der Waals surface area contributed by atoms with Gasteiger partial charge in [-0.15, -0.1) is 0 Å². The van der Waals surface area contributed by atoms with Gasteiger partial charge in [-0.2, -0.15) is 0 Å². The third-order valence-electron chi connectivity index (χ3n) is 9.91. The van der Waals surface area contributed by atoms with E-state index in [-0.39, 0.29) is 0 Å². The second-order valence-electron chi connectivity index (χ2n) is 13.2. The van der Waals surface area contributed by atoms with Crippen LogP contribution in [0.1, 0.15) is 0 Å². The fraction of sp³-hybridized carbons (Fsp3) is 0. The molecule has 2 aromatic heterocycles. The van der Waals surface area contributed by atoms with Crippen LogP contribution in [0.3, 0.4) is 0 Å². The molecule has 0 saturated carbocycles. The van der Waals surface area contributed by atoms with E-state index in [0.29, 0.717) is 17.5 Å². The summed E-state index contributed by atoms with van der Waals surface area (Å²) in [5, 5.41) is 4.38. The molecule has 0 aliphatic carbocycles. The zero-order chi connectivity index (χ0) is 35.8. The van der Waals surface area contributed by atoms with Crippen molar-refractivity contribution in [1.82, 2.24) is 15.0 Å². The van der Waals surface area contributed by atoms with Gasteiger partial charge < -0.3 is 9.32 Å². The highest BCUT2D eigenvalue weighted by Crippen LogP contribution is 2.45. The van der Waals surface area contributed by atoms with Crippen LogP contribution in [0, 0.1) is 0 Å². The van der Waals surface area contributed by atoms with Crippen molar-refractivity contribution in [1.29, 1.82) is 0 Å². The molecule has 0 N–H and O–H groups in total. The smallest absolute Gasteiger partial charge is 0.164 e. The van der Waals surface area contributed by atoms with Crippen LogP contribution < -0.4 is 4.90 Å². The van der Waals surface area contributed by atoms with Gasteiger partial charge in [0.25, 0.3) is 0 Å². The van der Waals surface area contributed by atoms with E-state index in [1.165, 1.54) is 16.5 Å². The Kier molecular flexibility index (Phi) is 7.73. The first-order valence-corrected chi connectivity index (χ1v) is 18.0. The van der Waals surface area contributed by atoms with Crippen LogP contribution in [0.5, 0.6) is 0 Å². The molecular weight excluding hydrogens is 661 g/mol. The predicted molar refractivity (Wildman–Crippen MR) is 221 cm³/mol. The van der Waals surface area contributed by atoms with Gasteiger partial charge in [-0.1, -0.05) is 152 Å². The van der Waals surface area contributed by atoms with Gasteiger partial charge in [-0.3, -0.25) is 0 Å². The first kappa shape index (κ1) is 31.4. The molecule has 10 rings (SSSR count). The summed E-state index contributed by atoms with van der Waals surface area (Å²) in [4.78, 5) is 17.2. The van der Waals surface area contributed by atoms with Gasteiger partial charge >= 0.3 is 0 Å². The molecule has 54 heavy (non-hydrogen) atoms. The van der Waals surface area contributed by atoms with Gasteiger partial charge in [0.15, 0.2) is 17.5 Å². The summed E-state index contributed by atoms with van der Waals surface area (Å²) in [6.45, 7) is 0. The molecule has 0 spiro atoms. The quantitative estimate of drug-likeness (QED) is 0.166. The summed E-state index contributed by atoms with van der Waals surface area (Å²) in [6.07, 6.45) is 0. The maximum absolute atomic E-state index is 6.67. The largest absolute Gasteiger partial charge is 0.456 e. The van der Waals surface area contributed by atoms with Crippen molar-refractivity contribution >= 4 is 49.8 Å². The fourth-order valence-electron chi connectivity index (χ4n) is 7.31. The van der Waals surface area contributed by atoms with Crippen molar-refractivity contribution in [2.24, 2.45) is 0 Å². The number of anilines is 3. The summed E-state index contributed by atoms with van der Waals surface area (Å²) < 4.78 is 6.67. The number of nitrogens with zero attached hydrogens (tertiary/aromatic N) is 4. The van der Waals surface area contributed by atoms with Gasteiger partial charge in [0.05, 0.1) is 16.8 Å². The van der Waals surface area contributed by atoms with E-state index in [0.717, 1.165) is 61.1 Å². The number of hydrogen-bond donors (Lipinski definition) is 0. The highest BCUT2D eigenvalue weighted by Gasteiger charge is 2.22. The lowest BCUT2D eigenvalue weighted by Gasteiger charge is -2.27. The zero-order valence-corrected chi connectivity index (χ0v) is 29.2. The Morgan fingerprint density at radius 3 is 1.56 bits per heavy atom. The van der Waals surface area contributed by atoms with Crippen LogP contribution >= 0.6 is 0 Å².